The summed E-state index contributed by atoms with van der Waals surface area (Å²) in [7, 11) is 1.66. The summed E-state index contributed by atoms with van der Waals surface area (Å²) in [6.45, 7) is 0.776. The lowest BCUT2D eigenvalue weighted by Gasteiger charge is -2.36. The highest BCUT2D eigenvalue weighted by molar-refractivity contribution is 7.80. The summed E-state index contributed by atoms with van der Waals surface area (Å²) in [5.41, 5.74) is 10.6. The van der Waals surface area contributed by atoms with Crippen molar-refractivity contribution < 1.29 is 4.74 Å². The second kappa shape index (κ2) is 6.24. The standard InChI is InChI=1S/C19H18ClN3OS/c1-24-13-5-2-11(3-6-13)18-17-14(8-9-23(18)19(21)25)15-10-12(20)4-7-16(15)22-17/h2-7,10,18,22H,8-9H2,1H3,(H2,21,25)/t18-/m0/s1. The van der Waals surface area contributed by atoms with Crippen molar-refractivity contribution in [2.45, 2.75) is 12.5 Å². The Labute approximate surface area is 156 Å². The predicted molar refractivity (Wildman–Crippen MR) is 105 cm³/mol. The number of methoxy groups -OCH3 is 1. The molecule has 1 atom stereocenters. The molecule has 0 spiro atoms. The highest BCUT2D eigenvalue weighted by Crippen LogP contribution is 2.39. The zero-order valence-electron chi connectivity index (χ0n) is 13.8. The van der Waals surface area contributed by atoms with Gasteiger partial charge >= 0.3 is 0 Å². The summed E-state index contributed by atoms with van der Waals surface area (Å²) in [6.07, 6.45) is 0.875. The van der Waals surface area contributed by atoms with Crippen molar-refractivity contribution in [2.24, 2.45) is 5.73 Å². The van der Waals surface area contributed by atoms with Crippen molar-refractivity contribution in [3.63, 3.8) is 0 Å². The number of nitrogens with two attached hydrogens (primary N) is 1. The van der Waals surface area contributed by atoms with Gasteiger partial charge in [-0.1, -0.05) is 23.7 Å². The zero-order chi connectivity index (χ0) is 17.6. The molecule has 0 saturated heterocycles. The van der Waals surface area contributed by atoms with Crippen LogP contribution in [0.2, 0.25) is 5.02 Å². The number of H-pyrrole nitrogens is 1. The molecule has 0 unspecified atom stereocenters. The molecule has 0 fully saturated rings. The fourth-order valence-corrected chi connectivity index (χ4v) is 4.00. The van der Waals surface area contributed by atoms with Gasteiger partial charge in [-0.25, -0.2) is 0 Å². The molecule has 1 aliphatic rings. The van der Waals surface area contributed by atoms with Gasteiger partial charge in [-0.05, 0) is 60.1 Å². The molecule has 0 bridgehead atoms. The highest BCUT2D eigenvalue weighted by Gasteiger charge is 2.32. The number of aromatic amines is 1. The zero-order valence-corrected chi connectivity index (χ0v) is 15.3. The quantitative estimate of drug-likeness (QED) is 0.668. The van der Waals surface area contributed by atoms with Gasteiger partial charge in [0.2, 0.25) is 0 Å². The number of benzene rings is 2. The lowest BCUT2D eigenvalue weighted by Crippen LogP contribution is -2.43. The average Bonchev–Trinajstić information content (AvgIpc) is 2.98. The molecule has 4 rings (SSSR count). The first kappa shape index (κ1) is 16.2. The maximum Gasteiger partial charge on any atom is 0.167 e. The van der Waals surface area contributed by atoms with Crippen LogP contribution in [0, 0.1) is 0 Å². The van der Waals surface area contributed by atoms with Gasteiger partial charge in [0.05, 0.1) is 13.2 Å². The molecule has 128 valence electrons. The predicted octanol–water partition coefficient (Wildman–Crippen LogP) is 4.02. The monoisotopic (exact) mass is 371 g/mol. The fourth-order valence-electron chi connectivity index (χ4n) is 3.63. The van der Waals surface area contributed by atoms with E-state index >= 15 is 0 Å². The van der Waals surface area contributed by atoms with Crippen molar-refractivity contribution >= 4 is 39.8 Å². The van der Waals surface area contributed by atoms with Gasteiger partial charge in [0, 0.05) is 28.2 Å². The van der Waals surface area contributed by atoms with E-state index in [2.05, 4.69) is 22.0 Å². The van der Waals surface area contributed by atoms with Gasteiger partial charge in [0.1, 0.15) is 5.75 Å². The molecule has 25 heavy (non-hydrogen) atoms. The molecule has 6 heteroatoms. The maximum atomic E-state index is 6.20. The fraction of sp³-hybridized carbons (Fsp3) is 0.211. The van der Waals surface area contributed by atoms with Crippen molar-refractivity contribution in [1.29, 1.82) is 0 Å². The first-order valence-electron chi connectivity index (χ1n) is 8.08. The Morgan fingerprint density at radius 3 is 2.72 bits per heavy atom. The SMILES string of the molecule is COc1ccc([C@H]2c3[nH]c4ccc(Cl)cc4c3CCN2C(N)=S)cc1. The number of hydrogen-bond donors (Lipinski definition) is 2. The third kappa shape index (κ3) is 2.73. The van der Waals surface area contributed by atoms with Gasteiger partial charge in [0.15, 0.2) is 5.11 Å². The van der Waals surface area contributed by atoms with Crippen molar-refractivity contribution in [2.75, 3.05) is 13.7 Å². The van der Waals surface area contributed by atoms with Crippen LogP contribution in [0.25, 0.3) is 10.9 Å². The lowest BCUT2D eigenvalue weighted by atomic mass is 9.92. The minimum Gasteiger partial charge on any atom is -0.497 e. The second-order valence-corrected chi connectivity index (χ2v) is 7.02. The molecule has 3 aromatic rings. The van der Waals surface area contributed by atoms with Crippen LogP contribution in [0.3, 0.4) is 0 Å². The van der Waals surface area contributed by atoms with Crippen LogP contribution in [0.4, 0.5) is 0 Å². The molecule has 2 heterocycles. The normalized spacial score (nSPS) is 16.7. The van der Waals surface area contributed by atoms with E-state index < -0.39 is 0 Å². The minimum atomic E-state index is -0.0432. The van der Waals surface area contributed by atoms with Crippen molar-refractivity contribution in [3.8, 4) is 5.75 Å². The summed E-state index contributed by atoms with van der Waals surface area (Å²) >= 11 is 11.5. The molecular formula is C19H18ClN3OS. The number of nitrogens with one attached hydrogen (secondary N) is 1. The molecular weight excluding hydrogens is 354 g/mol. The van der Waals surface area contributed by atoms with E-state index in [0.29, 0.717) is 5.11 Å². The van der Waals surface area contributed by atoms with Crippen LogP contribution in [-0.2, 0) is 6.42 Å². The highest BCUT2D eigenvalue weighted by atomic mass is 35.5. The molecule has 4 nitrogen and oxygen atoms in total. The number of ether oxygens (including phenoxy) is 1. The summed E-state index contributed by atoms with van der Waals surface area (Å²) < 4.78 is 5.27. The Balaban J connectivity index is 1.89. The first-order valence-corrected chi connectivity index (χ1v) is 8.87. The number of fused-ring (bicyclic) bond motifs is 3. The van der Waals surface area contributed by atoms with Crippen molar-refractivity contribution in [3.05, 3.63) is 64.3 Å². The van der Waals surface area contributed by atoms with E-state index in [0.717, 1.165) is 40.5 Å². The maximum absolute atomic E-state index is 6.20. The van der Waals surface area contributed by atoms with Crippen LogP contribution < -0.4 is 10.5 Å². The number of hydrogen-bond acceptors (Lipinski definition) is 2. The van der Waals surface area contributed by atoms with Gasteiger partial charge in [-0.2, -0.15) is 0 Å². The number of thiocarbonyl (C=S) groups is 1. The Bertz CT molecular complexity index is 951. The lowest BCUT2D eigenvalue weighted by molar-refractivity contribution is 0.336. The van der Waals surface area contributed by atoms with Crippen LogP contribution in [0.15, 0.2) is 42.5 Å². The molecule has 1 aliphatic heterocycles. The van der Waals surface area contributed by atoms with Gasteiger partial charge < -0.3 is 20.4 Å². The van der Waals surface area contributed by atoms with Gasteiger partial charge in [-0.15, -0.1) is 0 Å². The average molecular weight is 372 g/mol. The molecule has 0 radical (unpaired) electrons. The molecule has 0 aliphatic carbocycles. The summed E-state index contributed by atoms with van der Waals surface area (Å²) in [6, 6.07) is 13.9. The van der Waals surface area contributed by atoms with E-state index in [1.54, 1.807) is 7.11 Å². The van der Waals surface area contributed by atoms with E-state index in [9.17, 15) is 0 Å². The van der Waals surface area contributed by atoms with Crippen molar-refractivity contribution in [1.82, 2.24) is 9.88 Å². The third-order valence-corrected chi connectivity index (χ3v) is 5.27. The Hall–Kier alpha value is -2.24. The third-order valence-electron chi connectivity index (χ3n) is 4.80. The molecule has 3 N–H and O–H groups in total. The molecule has 0 amide bonds. The van der Waals surface area contributed by atoms with Gasteiger partial charge in [0.25, 0.3) is 0 Å². The smallest absolute Gasteiger partial charge is 0.167 e. The summed E-state index contributed by atoms with van der Waals surface area (Å²) in [5.74, 6) is 0.824. The van der Waals surface area contributed by atoms with E-state index in [1.807, 2.05) is 30.3 Å². The number of nitrogens with zero attached hydrogens (tertiary/aromatic N) is 1. The first-order chi connectivity index (χ1) is 12.1. The Morgan fingerprint density at radius 2 is 2.04 bits per heavy atom. The van der Waals surface area contributed by atoms with Crippen LogP contribution in [0.5, 0.6) is 5.75 Å². The van der Waals surface area contributed by atoms with Crippen LogP contribution >= 0.6 is 23.8 Å². The van der Waals surface area contributed by atoms with Crippen LogP contribution in [-0.4, -0.2) is 28.7 Å². The Kier molecular flexibility index (Phi) is 4.06. The van der Waals surface area contributed by atoms with E-state index in [4.69, 9.17) is 34.3 Å². The van der Waals surface area contributed by atoms with Gasteiger partial charge in [-0.3, -0.25) is 0 Å². The second-order valence-electron chi connectivity index (χ2n) is 6.16. The molecule has 1 aromatic heterocycles. The summed E-state index contributed by atoms with van der Waals surface area (Å²) in [4.78, 5) is 5.62. The largest absolute Gasteiger partial charge is 0.497 e. The van der Waals surface area contributed by atoms with E-state index in [-0.39, 0.29) is 6.04 Å². The summed E-state index contributed by atoms with van der Waals surface area (Å²) in [5, 5.41) is 2.32. The number of rotatable bonds is 2. The number of aromatic nitrogens is 1. The molecule has 2 aromatic carbocycles. The number of halogens is 1. The molecule has 0 saturated carbocycles. The van der Waals surface area contributed by atoms with Crippen LogP contribution in [0.1, 0.15) is 22.9 Å². The Morgan fingerprint density at radius 1 is 1.28 bits per heavy atom. The van der Waals surface area contributed by atoms with E-state index in [1.165, 1.54) is 10.9 Å². The topological polar surface area (TPSA) is 54.3 Å². The minimum absolute atomic E-state index is 0.0432.